The summed E-state index contributed by atoms with van der Waals surface area (Å²) < 4.78 is 15.9. The minimum Gasteiger partial charge on any atom is -0.497 e. The van der Waals surface area contributed by atoms with Crippen molar-refractivity contribution in [3.8, 4) is 17.2 Å². The first-order valence-electron chi connectivity index (χ1n) is 9.44. The predicted molar refractivity (Wildman–Crippen MR) is 110 cm³/mol. The third-order valence-electron chi connectivity index (χ3n) is 4.90. The summed E-state index contributed by atoms with van der Waals surface area (Å²) >= 11 is 0. The summed E-state index contributed by atoms with van der Waals surface area (Å²) in [7, 11) is 4.72. The summed E-state index contributed by atoms with van der Waals surface area (Å²) in [4.78, 5) is 23.7. The molecule has 0 radical (unpaired) electrons. The van der Waals surface area contributed by atoms with Crippen molar-refractivity contribution in [3.63, 3.8) is 0 Å². The normalized spacial score (nSPS) is 15.5. The fourth-order valence-electron chi connectivity index (χ4n) is 3.30. The maximum Gasteiger partial charge on any atom is 0.303 e. The molecular weight excluding hydrogens is 388 g/mol. The molecule has 0 saturated heterocycles. The minimum atomic E-state index is -1.02. The Bertz CT molecular complexity index is 932. The van der Waals surface area contributed by atoms with Gasteiger partial charge in [-0.05, 0) is 29.8 Å². The van der Waals surface area contributed by atoms with E-state index in [-0.39, 0.29) is 24.8 Å². The molecule has 1 amide bonds. The van der Waals surface area contributed by atoms with Gasteiger partial charge in [0.2, 0.25) is 5.91 Å². The molecule has 0 spiro atoms. The van der Waals surface area contributed by atoms with Crippen LogP contribution in [-0.4, -0.2) is 49.0 Å². The standard InChI is InChI=1S/C22H24N2O6/c1-28-16-6-4-14(5-7-16)20-13-19(23-24(20)21(25)8-9-22(26)27)15-10-17(29-2)12-18(11-15)30-3/h4-7,10-12,20H,8-9,13H2,1-3H3,(H,26,27)/t20-/m0/s1. The fourth-order valence-corrected chi connectivity index (χ4v) is 3.30. The number of benzene rings is 2. The first-order chi connectivity index (χ1) is 14.4. The highest BCUT2D eigenvalue weighted by molar-refractivity contribution is 6.03. The summed E-state index contributed by atoms with van der Waals surface area (Å²) in [5.74, 6) is 0.569. The third kappa shape index (κ3) is 4.71. The van der Waals surface area contributed by atoms with Crippen LogP contribution in [0.5, 0.6) is 17.2 Å². The van der Waals surface area contributed by atoms with Crippen LogP contribution in [0, 0.1) is 0 Å². The molecule has 8 nitrogen and oxygen atoms in total. The smallest absolute Gasteiger partial charge is 0.303 e. The van der Waals surface area contributed by atoms with Crippen LogP contribution in [0.3, 0.4) is 0 Å². The molecule has 1 N–H and O–H groups in total. The lowest BCUT2D eigenvalue weighted by molar-refractivity contribution is -0.141. The summed E-state index contributed by atoms with van der Waals surface area (Å²) in [5, 5.41) is 14.9. The number of carboxylic acids is 1. The number of amides is 1. The lowest BCUT2D eigenvalue weighted by atomic mass is 9.98. The van der Waals surface area contributed by atoms with Gasteiger partial charge in [-0.3, -0.25) is 9.59 Å². The Kier molecular flexibility index (Phi) is 6.56. The molecule has 158 valence electrons. The van der Waals surface area contributed by atoms with Gasteiger partial charge >= 0.3 is 5.97 Å². The van der Waals surface area contributed by atoms with Crippen LogP contribution >= 0.6 is 0 Å². The van der Waals surface area contributed by atoms with Crippen molar-refractivity contribution >= 4 is 17.6 Å². The van der Waals surface area contributed by atoms with E-state index in [0.29, 0.717) is 29.4 Å². The maximum absolute atomic E-state index is 12.8. The SMILES string of the molecule is COc1ccc([C@@H]2CC(c3cc(OC)cc(OC)c3)=NN2C(=O)CCC(=O)O)cc1. The monoisotopic (exact) mass is 412 g/mol. The maximum atomic E-state index is 12.8. The van der Waals surface area contributed by atoms with Crippen molar-refractivity contribution < 1.29 is 28.9 Å². The summed E-state index contributed by atoms with van der Waals surface area (Å²) in [6.45, 7) is 0. The van der Waals surface area contributed by atoms with E-state index in [1.807, 2.05) is 36.4 Å². The number of ether oxygens (including phenoxy) is 3. The van der Waals surface area contributed by atoms with Gasteiger partial charge < -0.3 is 19.3 Å². The zero-order valence-corrected chi connectivity index (χ0v) is 17.1. The van der Waals surface area contributed by atoms with Crippen LogP contribution in [0.25, 0.3) is 0 Å². The molecule has 0 aliphatic carbocycles. The molecular formula is C22H24N2O6. The molecule has 1 heterocycles. The number of hydrogen-bond donors (Lipinski definition) is 1. The Morgan fingerprint density at radius 3 is 2.10 bits per heavy atom. The lowest BCUT2D eigenvalue weighted by Crippen LogP contribution is -2.27. The molecule has 3 rings (SSSR count). The molecule has 0 saturated carbocycles. The summed E-state index contributed by atoms with van der Waals surface area (Å²) in [5.41, 5.74) is 2.35. The van der Waals surface area contributed by atoms with Gasteiger partial charge in [-0.2, -0.15) is 5.10 Å². The van der Waals surface area contributed by atoms with E-state index in [1.54, 1.807) is 27.4 Å². The van der Waals surface area contributed by atoms with Gasteiger partial charge in [-0.1, -0.05) is 12.1 Å². The van der Waals surface area contributed by atoms with Crippen LogP contribution in [0.15, 0.2) is 47.6 Å². The second-order valence-electron chi connectivity index (χ2n) is 6.77. The number of carbonyl (C=O) groups excluding carboxylic acids is 1. The van der Waals surface area contributed by atoms with Crippen molar-refractivity contribution in [2.24, 2.45) is 5.10 Å². The predicted octanol–water partition coefficient (Wildman–Crippen LogP) is 3.25. The van der Waals surface area contributed by atoms with E-state index < -0.39 is 5.97 Å². The van der Waals surface area contributed by atoms with Gasteiger partial charge in [0, 0.05) is 24.5 Å². The molecule has 8 heteroatoms. The average Bonchev–Trinajstić information content (AvgIpc) is 3.22. The van der Waals surface area contributed by atoms with Crippen molar-refractivity contribution in [2.75, 3.05) is 21.3 Å². The highest BCUT2D eigenvalue weighted by Crippen LogP contribution is 2.35. The summed E-state index contributed by atoms with van der Waals surface area (Å²) in [6.07, 6.45) is 0.101. The number of carboxylic acid groups (broad SMARTS) is 1. The quantitative estimate of drug-likeness (QED) is 0.715. The van der Waals surface area contributed by atoms with Crippen LogP contribution in [0.1, 0.15) is 36.4 Å². The Labute approximate surface area is 174 Å². The molecule has 1 atom stereocenters. The van der Waals surface area contributed by atoms with E-state index in [2.05, 4.69) is 5.10 Å². The largest absolute Gasteiger partial charge is 0.497 e. The van der Waals surface area contributed by atoms with E-state index in [4.69, 9.17) is 19.3 Å². The Morgan fingerprint density at radius 1 is 0.967 bits per heavy atom. The minimum absolute atomic E-state index is 0.125. The van der Waals surface area contributed by atoms with Crippen molar-refractivity contribution in [1.29, 1.82) is 0 Å². The number of hydrogen-bond acceptors (Lipinski definition) is 6. The second kappa shape index (κ2) is 9.30. The molecule has 0 aromatic heterocycles. The number of methoxy groups -OCH3 is 3. The summed E-state index contributed by atoms with van der Waals surface area (Å²) in [6, 6.07) is 12.5. The number of aliphatic carboxylic acids is 1. The second-order valence-corrected chi connectivity index (χ2v) is 6.77. The van der Waals surface area contributed by atoms with Gasteiger partial charge in [0.05, 0.1) is 39.5 Å². The fraction of sp³-hybridized carbons (Fsp3) is 0.318. The molecule has 1 aliphatic rings. The van der Waals surface area contributed by atoms with Crippen molar-refractivity contribution in [1.82, 2.24) is 5.01 Å². The molecule has 2 aromatic rings. The average molecular weight is 412 g/mol. The highest BCUT2D eigenvalue weighted by atomic mass is 16.5. The highest BCUT2D eigenvalue weighted by Gasteiger charge is 2.33. The van der Waals surface area contributed by atoms with Crippen molar-refractivity contribution in [3.05, 3.63) is 53.6 Å². The molecule has 0 unspecified atom stereocenters. The topological polar surface area (TPSA) is 97.7 Å². The lowest BCUT2D eigenvalue weighted by Gasteiger charge is -2.22. The van der Waals surface area contributed by atoms with Crippen LogP contribution < -0.4 is 14.2 Å². The van der Waals surface area contributed by atoms with Crippen molar-refractivity contribution in [2.45, 2.75) is 25.3 Å². The molecule has 0 bridgehead atoms. The first-order valence-corrected chi connectivity index (χ1v) is 9.44. The Hall–Kier alpha value is -3.55. The molecule has 1 aliphatic heterocycles. The van der Waals surface area contributed by atoms with Crippen LogP contribution in [-0.2, 0) is 9.59 Å². The van der Waals surface area contributed by atoms with E-state index >= 15 is 0 Å². The van der Waals surface area contributed by atoms with Crippen LogP contribution in [0.2, 0.25) is 0 Å². The number of nitrogens with zero attached hydrogens (tertiary/aromatic N) is 2. The van der Waals surface area contributed by atoms with Crippen LogP contribution in [0.4, 0.5) is 0 Å². The van der Waals surface area contributed by atoms with E-state index in [9.17, 15) is 9.59 Å². The van der Waals surface area contributed by atoms with Gasteiger partial charge in [-0.25, -0.2) is 5.01 Å². The Morgan fingerprint density at radius 2 is 1.57 bits per heavy atom. The zero-order valence-electron chi connectivity index (χ0n) is 17.1. The number of rotatable bonds is 8. The van der Waals surface area contributed by atoms with E-state index in [1.165, 1.54) is 5.01 Å². The van der Waals surface area contributed by atoms with Gasteiger partial charge in [0.1, 0.15) is 17.2 Å². The molecule has 30 heavy (non-hydrogen) atoms. The van der Waals surface area contributed by atoms with Gasteiger partial charge in [-0.15, -0.1) is 0 Å². The first kappa shape index (κ1) is 21.2. The molecule has 2 aromatic carbocycles. The zero-order chi connectivity index (χ0) is 21.7. The molecule has 0 fully saturated rings. The number of hydrazone groups is 1. The third-order valence-corrected chi connectivity index (χ3v) is 4.90. The Balaban J connectivity index is 1.95. The van der Waals surface area contributed by atoms with Gasteiger partial charge in [0.15, 0.2) is 0 Å². The number of carbonyl (C=O) groups is 2. The van der Waals surface area contributed by atoms with E-state index in [0.717, 1.165) is 11.1 Å². The van der Waals surface area contributed by atoms with Gasteiger partial charge in [0.25, 0.3) is 0 Å².